The smallest absolute Gasteiger partial charge is 0.240 e. The second-order valence-corrected chi connectivity index (χ2v) is 11.7. The molecule has 7 nitrogen and oxygen atoms in total. The predicted molar refractivity (Wildman–Crippen MR) is 156 cm³/mol. The van der Waals surface area contributed by atoms with Gasteiger partial charge in [-0.15, -0.1) is 23.1 Å². The van der Waals surface area contributed by atoms with Crippen molar-refractivity contribution >= 4 is 40.7 Å². The van der Waals surface area contributed by atoms with Crippen LogP contribution >= 0.6 is 23.1 Å². The van der Waals surface area contributed by atoms with Crippen LogP contribution in [0.2, 0.25) is 0 Å². The summed E-state index contributed by atoms with van der Waals surface area (Å²) < 4.78 is 15.6. The first-order chi connectivity index (χ1) is 18.8. The molecule has 4 aromatic rings. The summed E-state index contributed by atoms with van der Waals surface area (Å²) in [4.78, 5) is 31.4. The summed E-state index contributed by atoms with van der Waals surface area (Å²) in [6.45, 7) is 3.09. The SMILES string of the molecule is Cc1ccsc1[C@@H]1SCC(=O)N(CC(=O)NCCN(C)C)c2c1c(-c1ccccc1)nn2-c1ccc(F)cc1. The number of aryl methyl sites for hydroxylation is 1. The molecular weight excluding hydrogens is 533 g/mol. The molecule has 1 N–H and O–H groups in total. The van der Waals surface area contributed by atoms with E-state index in [0.717, 1.165) is 27.3 Å². The van der Waals surface area contributed by atoms with Crippen molar-refractivity contribution in [3.8, 4) is 16.9 Å². The lowest BCUT2D eigenvalue weighted by atomic mass is 10.0. The lowest BCUT2D eigenvalue weighted by Gasteiger charge is -2.23. The number of amides is 2. The number of nitrogens with zero attached hydrogens (tertiary/aromatic N) is 4. The zero-order valence-electron chi connectivity index (χ0n) is 22.1. The van der Waals surface area contributed by atoms with Crippen LogP contribution in [0.15, 0.2) is 66.0 Å². The normalized spacial score (nSPS) is 15.4. The topological polar surface area (TPSA) is 70.5 Å². The van der Waals surface area contributed by atoms with E-state index in [2.05, 4.69) is 23.7 Å². The van der Waals surface area contributed by atoms with E-state index in [1.807, 2.05) is 49.3 Å². The fourth-order valence-corrected chi connectivity index (χ4v) is 7.04. The quantitative estimate of drug-likeness (QED) is 0.331. The fourth-order valence-electron chi connectivity index (χ4n) is 4.57. The average Bonchev–Trinajstić information content (AvgIpc) is 3.49. The van der Waals surface area contributed by atoms with Gasteiger partial charge in [-0.1, -0.05) is 30.3 Å². The molecular formula is C29H30FN5O2S2. The van der Waals surface area contributed by atoms with E-state index in [0.29, 0.717) is 24.6 Å². The standard InChI is InChI=1S/C29H30FN5O2S2/c1-19-13-16-38-27(19)28-25-26(20-7-5-4-6-8-20)32-35(22-11-9-21(30)10-12-22)29(25)34(24(37)18-39-28)17-23(36)31-14-15-33(2)3/h4-13,16,28H,14-15,17-18H2,1-3H3,(H,31,36)/t28-/m1/s1. The van der Waals surface area contributed by atoms with E-state index in [9.17, 15) is 14.0 Å². The maximum Gasteiger partial charge on any atom is 0.240 e. The second kappa shape index (κ2) is 11.7. The molecule has 0 bridgehead atoms. The maximum absolute atomic E-state index is 13.9. The highest BCUT2D eigenvalue weighted by atomic mass is 32.2. The number of rotatable bonds is 8. The third-order valence-electron chi connectivity index (χ3n) is 6.53. The van der Waals surface area contributed by atoms with Gasteiger partial charge in [0.1, 0.15) is 18.2 Å². The Morgan fingerprint density at radius 2 is 1.87 bits per heavy atom. The molecule has 2 amide bonds. The summed E-state index contributed by atoms with van der Waals surface area (Å²) in [6, 6.07) is 17.9. The molecule has 0 saturated carbocycles. The maximum atomic E-state index is 13.9. The highest BCUT2D eigenvalue weighted by molar-refractivity contribution is 8.00. The number of likely N-dealkylation sites (N-methyl/N-ethyl adjacent to an activating group) is 1. The van der Waals surface area contributed by atoms with E-state index in [1.165, 1.54) is 12.1 Å². The summed E-state index contributed by atoms with van der Waals surface area (Å²) in [7, 11) is 3.88. The van der Waals surface area contributed by atoms with Crippen molar-refractivity contribution in [3.63, 3.8) is 0 Å². The first kappa shape index (κ1) is 27.1. The van der Waals surface area contributed by atoms with Gasteiger partial charge in [0.05, 0.1) is 22.4 Å². The number of benzene rings is 2. The van der Waals surface area contributed by atoms with Crippen LogP contribution < -0.4 is 10.2 Å². The van der Waals surface area contributed by atoms with Crippen LogP contribution in [0.3, 0.4) is 0 Å². The van der Waals surface area contributed by atoms with Crippen molar-refractivity contribution in [1.82, 2.24) is 20.0 Å². The Morgan fingerprint density at radius 3 is 2.54 bits per heavy atom. The molecule has 3 heterocycles. The minimum atomic E-state index is -0.365. The van der Waals surface area contributed by atoms with Gasteiger partial charge >= 0.3 is 0 Å². The third-order valence-corrected chi connectivity index (χ3v) is 8.98. The molecule has 39 heavy (non-hydrogen) atoms. The van der Waals surface area contributed by atoms with Crippen LogP contribution in [-0.2, 0) is 9.59 Å². The molecule has 1 aliphatic heterocycles. The van der Waals surface area contributed by atoms with Gasteiger partial charge in [0.25, 0.3) is 0 Å². The summed E-state index contributed by atoms with van der Waals surface area (Å²) in [5.41, 5.74) is 4.24. The third kappa shape index (κ3) is 5.78. The summed E-state index contributed by atoms with van der Waals surface area (Å²) in [5, 5.41) is 9.84. The van der Waals surface area contributed by atoms with Gasteiger partial charge in [0, 0.05) is 29.1 Å². The molecule has 0 spiro atoms. The average molecular weight is 564 g/mol. The van der Waals surface area contributed by atoms with Crippen molar-refractivity contribution < 1.29 is 14.0 Å². The van der Waals surface area contributed by atoms with Crippen LogP contribution in [0.25, 0.3) is 16.9 Å². The van der Waals surface area contributed by atoms with Crippen molar-refractivity contribution in [1.29, 1.82) is 0 Å². The minimum absolute atomic E-state index is 0.142. The van der Waals surface area contributed by atoms with Gasteiger partial charge in [-0.2, -0.15) is 5.10 Å². The van der Waals surface area contributed by atoms with Gasteiger partial charge < -0.3 is 10.2 Å². The van der Waals surface area contributed by atoms with E-state index < -0.39 is 0 Å². The van der Waals surface area contributed by atoms with Gasteiger partial charge in [0.2, 0.25) is 11.8 Å². The number of hydrogen-bond donors (Lipinski definition) is 1. The molecule has 0 radical (unpaired) electrons. The van der Waals surface area contributed by atoms with Crippen LogP contribution in [0, 0.1) is 12.7 Å². The van der Waals surface area contributed by atoms with Crippen molar-refractivity contribution in [2.45, 2.75) is 12.2 Å². The van der Waals surface area contributed by atoms with Crippen LogP contribution in [0.5, 0.6) is 0 Å². The zero-order valence-corrected chi connectivity index (χ0v) is 23.7. The summed E-state index contributed by atoms with van der Waals surface area (Å²) in [5.74, 6) is -0.0463. The Bertz CT molecular complexity index is 1470. The molecule has 202 valence electrons. The molecule has 0 unspecified atom stereocenters. The number of thiophene rings is 1. The first-order valence-corrected chi connectivity index (χ1v) is 14.6. The predicted octanol–water partition coefficient (Wildman–Crippen LogP) is 4.90. The van der Waals surface area contributed by atoms with E-state index in [4.69, 9.17) is 5.10 Å². The molecule has 10 heteroatoms. The molecule has 2 aromatic heterocycles. The second-order valence-electron chi connectivity index (χ2n) is 9.63. The number of aromatic nitrogens is 2. The highest BCUT2D eigenvalue weighted by Gasteiger charge is 2.38. The number of hydrogen-bond acceptors (Lipinski definition) is 6. The van der Waals surface area contributed by atoms with Gasteiger partial charge in [-0.05, 0) is 62.3 Å². The Hall–Kier alpha value is -3.47. The number of anilines is 1. The number of nitrogens with one attached hydrogen (secondary N) is 1. The number of halogens is 1. The summed E-state index contributed by atoms with van der Waals surface area (Å²) in [6.07, 6.45) is 0. The van der Waals surface area contributed by atoms with E-state index >= 15 is 0 Å². The number of thioether (sulfide) groups is 1. The molecule has 5 rings (SSSR count). The Labute approximate surface area is 235 Å². The van der Waals surface area contributed by atoms with Gasteiger partial charge in [-0.3, -0.25) is 14.5 Å². The largest absolute Gasteiger partial charge is 0.353 e. The van der Waals surface area contributed by atoms with Crippen molar-refractivity contribution in [3.05, 3.63) is 87.9 Å². The van der Waals surface area contributed by atoms with Crippen molar-refractivity contribution in [2.24, 2.45) is 0 Å². The van der Waals surface area contributed by atoms with E-state index in [-0.39, 0.29) is 35.2 Å². The number of fused-ring (bicyclic) bond motifs is 1. The molecule has 0 fully saturated rings. The van der Waals surface area contributed by atoms with Crippen molar-refractivity contribution in [2.75, 3.05) is 44.4 Å². The Kier molecular flexibility index (Phi) is 8.15. The Morgan fingerprint density at radius 1 is 1.13 bits per heavy atom. The van der Waals surface area contributed by atoms with Gasteiger partial charge in [0.15, 0.2) is 0 Å². The monoisotopic (exact) mass is 563 g/mol. The summed E-state index contributed by atoms with van der Waals surface area (Å²) >= 11 is 3.20. The molecule has 2 aromatic carbocycles. The van der Waals surface area contributed by atoms with Gasteiger partial charge in [-0.25, -0.2) is 9.07 Å². The van der Waals surface area contributed by atoms with Crippen LogP contribution in [0.4, 0.5) is 10.2 Å². The van der Waals surface area contributed by atoms with Crippen LogP contribution in [0.1, 0.15) is 21.3 Å². The molecule has 0 saturated heterocycles. The molecule has 0 aliphatic carbocycles. The molecule has 1 aliphatic rings. The highest BCUT2D eigenvalue weighted by Crippen LogP contribution is 2.50. The minimum Gasteiger partial charge on any atom is -0.353 e. The van der Waals surface area contributed by atoms with Crippen LogP contribution in [-0.4, -0.2) is 66.0 Å². The number of carbonyl (C=O) groups is 2. The lowest BCUT2D eigenvalue weighted by Crippen LogP contribution is -2.43. The first-order valence-electron chi connectivity index (χ1n) is 12.6. The zero-order chi connectivity index (χ0) is 27.5. The fraction of sp³-hybridized carbons (Fsp3) is 0.276. The van der Waals surface area contributed by atoms with E-state index in [1.54, 1.807) is 44.8 Å². The molecule has 1 atom stereocenters. The lowest BCUT2D eigenvalue weighted by molar-refractivity contribution is -0.122. The Balaban J connectivity index is 1.71. The number of carbonyl (C=O) groups excluding carboxylic acids is 2.